The molecule has 1 aliphatic carbocycles. The Morgan fingerprint density at radius 1 is 1.00 bits per heavy atom. The zero-order valence-electron chi connectivity index (χ0n) is 24.5. The highest BCUT2D eigenvalue weighted by molar-refractivity contribution is 5.89. The SMILES string of the molecule is CCOC(=O)c1cn(-c2ccc3c(c2)n(C(=O)OC(C)(C)C)c(=O)n3C)c(=O)n(C2CCc3c2cccc3C(F)(F)F)c1=O. The van der Waals surface area contributed by atoms with Crippen LogP contribution in [0.15, 0.2) is 57.0 Å². The van der Waals surface area contributed by atoms with Gasteiger partial charge in [-0.2, -0.15) is 17.7 Å². The second-order valence-corrected chi connectivity index (χ2v) is 11.3. The van der Waals surface area contributed by atoms with E-state index in [1.165, 1.54) is 48.9 Å². The third-order valence-corrected chi connectivity index (χ3v) is 7.36. The van der Waals surface area contributed by atoms with Gasteiger partial charge in [-0.1, -0.05) is 12.1 Å². The number of ether oxygens (including phenoxy) is 2. The molecule has 5 rings (SSSR count). The third-order valence-electron chi connectivity index (χ3n) is 7.36. The fraction of sp³-hybridized carbons (Fsp3) is 0.367. The number of alkyl halides is 3. The van der Waals surface area contributed by atoms with Crippen molar-refractivity contribution in [1.82, 2.24) is 18.3 Å². The number of imidazole rings is 1. The summed E-state index contributed by atoms with van der Waals surface area (Å²) in [4.78, 5) is 66.5. The lowest BCUT2D eigenvalue weighted by atomic mass is 10.0. The normalized spacial score (nSPS) is 15.0. The van der Waals surface area contributed by atoms with Crippen molar-refractivity contribution in [3.05, 3.63) is 96.2 Å². The first kappa shape index (κ1) is 30.6. The summed E-state index contributed by atoms with van der Waals surface area (Å²) in [6.07, 6.45) is -4.67. The van der Waals surface area contributed by atoms with Gasteiger partial charge in [0.1, 0.15) is 11.2 Å². The summed E-state index contributed by atoms with van der Waals surface area (Å²) < 4.78 is 55.4. The van der Waals surface area contributed by atoms with Crippen LogP contribution in [0.3, 0.4) is 0 Å². The molecule has 0 fully saturated rings. The van der Waals surface area contributed by atoms with Crippen molar-refractivity contribution < 1.29 is 32.2 Å². The molecule has 14 heteroatoms. The number of esters is 1. The molecule has 11 nitrogen and oxygen atoms in total. The number of aryl methyl sites for hydroxylation is 1. The molecule has 0 spiro atoms. The first-order valence-electron chi connectivity index (χ1n) is 13.7. The first-order chi connectivity index (χ1) is 20.5. The molecule has 2 aromatic heterocycles. The standard InChI is InChI=1S/C30H29F3N4O7/c1-6-43-25(39)19-15-35(16-10-12-22-23(14-16)37(26(40)34(22)5)28(42)44-29(2,3)4)27(41)36(24(19)38)21-13-11-17-18(21)8-7-9-20(17)30(31,32)33/h7-10,12,14-15,21H,6,11,13H2,1-5H3. The summed E-state index contributed by atoms with van der Waals surface area (Å²) in [5.74, 6) is -1.03. The van der Waals surface area contributed by atoms with Crippen LogP contribution in [0.1, 0.15) is 67.2 Å². The molecule has 4 aromatic rings. The van der Waals surface area contributed by atoms with Crippen LogP contribution in [0.5, 0.6) is 0 Å². The Morgan fingerprint density at radius 3 is 2.34 bits per heavy atom. The van der Waals surface area contributed by atoms with Gasteiger partial charge in [-0.3, -0.25) is 18.5 Å². The molecule has 0 bridgehead atoms. The van der Waals surface area contributed by atoms with Gasteiger partial charge >= 0.3 is 29.6 Å². The second-order valence-electron chi connectivity index (χ2n) is 11.3. The quantitative estimate of drug-likeness (QED) is 0.316. The summed E-state index contributed by atoms with van der Waals surface area (Å²) in [5.41, 5.74) is -4.42. The van der Waals surface area contributed by atoms with Crippen LogP contribution < -0.4 is 16.9 Å². The largest absolute Gasteiger partial charge is 0.462 e. The van der Waals surface area contributed by atoms with E-state index in [0.717, 1.165) is 26.0 Å². The fourth-order valence-corrected chi connectivity index (χ4v) is 5.51. The lowest BCUT2D eigenvalue weighted by molar-refractivity contribution is -0.138. The Morgan fingerprint density at radius 2 is 1.70 bits per heavy atom. The Bertz CT molecular complexity index is 2010. The van der Waals surface area contributed by atoms with Gasteiger partial charge in [-0.25, -0.2) is 19.2 Å². The van der Waals surface area contributed by atoms with Crippen LogP contribution in [0.2, 0.25) is 0 Å². The number of halogens is 3. The number of fused-ring (bicyclic) bond motifs is 2. The zero-order valence-corrected chi connectivity index (χ0v) is 24.5. The summed E-state index contributed by atoms with van der Waals surface area (Å²) in [7, 11) is 1.45. The van der Waals surface area contributed by atoms with Gasteiger partial charge in [0.15, 0.2) is 0 Å². The molecule has 0 saturated carbocycles. The fourth-order valence-electron chi connectivity index (χ4n) is 5.51. The van der Waals surface area contributed by atoms with Crippen molar-refractivity contribution in [1.29, 1.82) is 0 Å². The minimum Gasteiger partial charge on any atom is -0.462 e. The highest BCUT2D eigenvalue weighted by Gasteiger charge is 2.39. The topological polar surface area (TPSA) is 124 Å². The molecule has 232 valence electrons. The van der Waals surface area contributed by atoms with Crippen LogP contribution in [-0.2, 0) is 29.1 Å². The number of carbonyl (C=O) groups excluding carboxylic acids is 2. The lowest BCUT2D eigenvalue weighted by Crippen LogP contribution is -2.44. The van der Waals surface area contributed by atoms with Gasteiger partial charge in [0.25, 0.3) is 5.56 Å². The summed E-state index contributed by atoms with van der Waals surface area (Å²) in [6, 6.07) is 6.72. The highest BCUT2D eigenvalue weighted by atomic mass is 19.4. The molecule has 1 unspecified atom stereocenters. The van der Waals surface area contributed by atoms with E-state index in [4.69, 9.17) is 9.47 Å². The van der Waals surface area contributed by atoms with E-state index in [1.54, 1.807) is 20.8 Å². The van der Waals surface area contributed by atoms with Crippen LogP contribution in [-0.4, -0.2) is 42.5 Å². The van der Waals surface area contributed by atoms with Crippen LogP contribution in [0.25, 0.3) is 16.7 Å². The number of nitrogens with zero attached hydrogens (tertiary/aromatic N) is 4. The average molecular weight is 615 g/mol. The molecule has 1 atom stereocenters. The van der Waals surface area contributed by atoms with E-state index in [2.05, 4.69) is 0 Å². The minimum absolute atomic E-state index is 0.000240. The van der Waals surface area contributed by atoms with Crippen molar-refractivity contribution in [3.63, 3.8) is 0 Å². The Labute approximate surface area is 247 Å². The lowest BCUT2D eigenvalue weighted by Gasteiger charge is -2.20. The molecule has 0 radical (unpaired) electrons. The third kappa shape index (κ3) is 5.13. The minimum atomic E-state index is -4.65. The molecule has 44 heavy (non-hydrogen) atoms. The summed E-state index contributed by atoms with van der Waals surface area (Å²) in [6.45, 7) is 6.33. The molecular formula is C30H29F3N4O7. The van der Waals surface area contributed by atoms with Gasteiger partial charge in [0.05, 0.1) is 34.9 Å². The predicted octanol–water partition coefficient (Wildman–Crippen LogP) is 4.17. The first-order valence-corrected chi connectivity index (χ1v) is 13.7. The van der Waals surface area contributed by atoms with Crippen molar-refractivity contribution in [2.75, 3.05) is 6.61 Å². The number of rotatable bonds is 4. The van der Waals surface area contributed by atoms with Gasteiger partial charge in [-0.05, 0) is 75.9 Å². The van der Waals surface area contributed by atoms with Gasteiger partial charge in [-0.15, -0.1) is 0 Å². The highest BCUT2D eigenvalue weighted by Crippen LogP contribution is 2.41. The van der Waals surface area contributed by atoms with Crippen LogP contribution >= 0.6 is 0 Å². The molecule has 2 aromatic carbocycles. The van der Waals surface area contributed by atoms with Gasteiger partial charge in [0, 0.05) is 13.2 Å². The second kappa shape index (κ2) is 10.7. The van der Waals surface area contributed by atoms with Crippen molar-refractivity contribution >= 4 is 23.1 Å². The smallest absolute Gasteiger partial charge is 0.423 e. The van der Waals surface area contributed by atoms with E-state index in [1.807, 2.05) is 0 Å². The molecule has 0 amide bonds. The Balaban J connectivity index is 1.76. The average Bonchev–Trinajstić information content (AvgIpc) is 3.45. The molecule has 1 aliphatic rings. The van der Waals surface area contributed by atoms with E-state index in [9.17, 15) is 37.1 Å². The molecule has 2 heterocycles. The number of hydrogen-bond donors (Lipinski definition) is 0. The van der Waals surface area contributed by atoms with Gasteiger partial charge in [0.2, 0.25) is 0 Å². The maximum Gasteiger partial charge on any atom is 0.423 e. The van der Waals surface area contributed by atoms with E-state index in [-0.39, 0.29) is 41.8 Å². The predicted molar refractivity (Wildman–Crippen MR) is 153 cm³/mol. The maximum atomic E-state index is 14.0. The van der Waals surface area contributed by atoms with Crippen molar-refractivity contribution in [3.8, 4) is 5.69 Å². The van der Waals surface area contributed by atoms with Crippen molar-refractivity contribution in [2.24, 2.45) is 7.05 Å². The van der Waals surface area contributed by atoms with E-state index >= 15 is 0 Å². The molecule has 0 N–H and O–H groups in total. The molecular weight excluding hydrogens is 585 g/mol. The Kier molecular flexibility index (Phi) is 7.42. The van der Waals surface area contributed by atoms with E-state index in [0.29, 0.717) is 5.52 Å². The number of hydrogen-bond acceptors (Lipinski definition) is 7. The number of carbonyl (C=O) groups is 2. The van der Waals surface area contributed by atoms with Crippen LogP contribution in [0.4, 0.5) is 18.0 Å². The number of benzene rings is 2. The zero-order chi connectivity index (χ0) is 32.3. The monoisotopic (exact) mass is 614 g/mol. The maximum absolute atomic E-state index is 14.0. The van der Waals surface area contributed by atoms with Crippen molar-refractivity contribution in [2.45, 2.75) is 58.4 Å². The summed E-state index contributed by atoms with van der Waals surface area (Å²) in [5, 5.41) is 0. The molecule has 0 saturated heterocycles. The number of aromatic nitrogens is 4. The van der Waals surface area contributed by atoms with E-state index < -0.39 is 57.9 Å². The van der Waals surface area contributed by atoms with Crippen LogP contribution in [0, 0.1) is 0 Å². The van der Waals surface area contributed by atoms with Gasteiger partial charge < -0.3 is 9.47 Å². The molecule has 0 aliphatic heterocycles. The summed E-state index contributed by atoms with van der Waals surface area (Å²) >= 11 is 0. The Hall–Kier alpha value is -4.88.